The van der Waals surface area contributed by atoms with Gasteiger partial charge in [0.25, 0.3) is 0 Å². The zero-order chi connectivity index (χ0) is 11.8. The van der Waals surface area contributed by atoms with E-state index in [1.807, 2.05) is 17.9 Å². The molecule has 1 N–H and O–H groups in total. The van der Waals surface area contributed by atoms with E-state index in [4.69, 9.17) is 6.42 Å². The van der Waals surface area contributed by atoms with Crippen molar-refractivity contribution < 1.29 is 0 Å². The monoisotopic (exact) mass is 219 g/mol. The molecule has 16 heavy (non-hydrogen) atoms. The Morgan fingerprint density at radius 2 is 2.38 bits per heavy atom. The minimum absolute atomic E-state index is 0.416. The van der Waals surface area contributed by atoms with Crippen LogP contribution in [0.5, 0.6) is 0 Å². The van der Waals surface area contributed by atoms with Gasteiger partial charge in [0.2, 0.25) is 0 Å². The van der Waals surface area contributed by atoms with Gasteiger partial charge in [0.1, 0.15) is 0 Å². The van der Waals surface area contributed by atoms with Gasteiger partial charge in [-0.25, -0.2) is 0 Å². The Morgan fingerprint density at radius 1 is 1.56 bits per heavy atom. The van der Waals surface area contributed by atoms with Crippen LogP contribution in [0.2, 0.25) is 0 Å². The second-order valence-electron chi connectivity index (χ2n) is 4.02. The normalized spacial score (nSPS) is 12.3. The molecular formula is C13H21N3. The van der Waals surface area contributed by atoms with Gasteiger partial charge >= 0.3 is 0 Å². The minimum Gasteiger partial charge on any atom is -0.310 e. The van der Waals surface area contributed by atoms with E-state index in [9.17, 15) is 0 Å². The molecule has 88 valence electrons. The van der Waals surface area contributed by atoms with Crippen molar-refractivity contribution in [1.29, 1.82) is 0 Å². The summed E-state index contributed by atoms with van der Waals surface area (Å²) in [5.41, 5.74) is 1.27. The second-order valence-corrected chi connectivity index (χ2v) is 4.02. The van der Waals surface area contributed by atoms with Gasteiger partial charge in [-0.15, -0.1) is 12.3 Å². The molecule has 3 heteroatoms. The largest absolute Gasteiger partial charge is 0.310 e. The summed E-state index contributed by atoms with van der Waals surface area (Å²) in [7, 11) is 1.95. The fraction of sp³-hybridized carbons (Fsp3) is 0.615. The highest BCUT2D eigenvalue weighted by Gasteiger charge is 2.09. The number of nitrogens with one attached hydrogen (secondary N) is 1. The minimum atomic E-state index is 0.416. The van der Waals surface area contributed by atoms with Crippen LogP contribution in [0.15, 0.2) is 12.4 Å². The summed E-state index contributed by atoms with van der Waals surface area (Å²) in [5.74, 6) is 2.66. The number of rotatable bonds is 7. The topological polar surface area (TPSA) is 29.9 Å². The van der Waals surface area contributed by atoms with Crippen LogP contribution in [-0.2, 0) is 7.05 Å². The molecule has 1 heterocycles. The SMILES string of the molecule is C#CCCCCNC(CC)c1cnn(C)c1. The summed E-state index contributed by atoms with van der Waals surface area (Å²) in [6, 6.07) is 0.416. The van der Waals surface area contributed by atoms with E-state index < -0.39 is 0 Å². The number of nitrogens with zero attached hydrogens (tertiary/aromatic N) is 2. The molecule has 0 aromatic carbocycles. The molecule has 0 spiro atoms. The first-order chi connectivity index (χ1) is 7.77. The smallest absolute Gasteiger partial charge is 0.0537 e. The van der Waals surface area contributed by atoms with Crippen molar-refractivity contribution in [3.05, 3.63) is 18.0 Å². The van der Waals surface area contributed by atoms with Crippen LogP contribution in [0.3, 0.4) is 0 Å². The average Bonchev–Trinajstić information content (AvgIpc) is 2.70. The van der Waals surface area contributed by atoms with Gasteiger partial charge in [-0.05, 0) is 25.8 Å². The Labute approximate surface area is 98.2 Å². The lowest BCUT2D eigenvalue weighted by molar-refractivity contribution is 0.504. The summed E-state index contributed by atoms with van der Waals surface area (Å²) < 4.78 is 1.85. The molecule has 0 aliphatic rings. The fourth-order valence-electron chi connectivity index (χ4n) is 1.75. The Balaban J connectivity index is 2.30. The standard InChI is InChI=1S/C13H21N3/c1-4-6-7-8-9-14-13(5-2)12-10-15-16(3)11-12/h1,10-11,13-14H,5-9H2,2-3H3. The van der Waals surface area contributed by atoms with E-state index >= 15 is 0 Å². The quantitative estimate of drug-likeness (QED) is 0.563. The molecule has 0 saturated carbocycles. The lowest BCUT2D eigenvalue weighted by Gasteiger charge is -2.14. The Morgan fingerprint density at radius 3 is 2.94 bits per heavy atom. The Hall–Kier alpha value is -1.27. The highest BCUT2D eigenvalue weighted by molar-refractivity contribution is 5.09. The van der Waals surface area contributed by atoms with Crippen LogP contribution in [-0.4, -0.2) is 16.3 Å². The molecular weight excluding hydrogens is 198 g/mol. The van der Waals surface area contributed by atoms with Crippen molar-refractivity contribution in [1.82, 2.24) is 15.1 Å². The number of hydrogen-bond acceptors (Lipinski definition) is 2. The van der Waals surface area contributed by atoms with Gasteiger partial charge in [0.05, 0.1) is 6.20 Å². The third kappa shape index (κ3) is 4.08. The van der Waals surface area contributed by atoms with Crippen molar-refractivity contribution in [2.24, 2.45) is 7.05 Å². The van der Waals surface area contributed by atoms with E-state index in [1.165, 1.54) is 5.56 Å². The predicted molar refractivity (Wildman–Crippen MR) is 66.9 cm³/mol. The van der Waals surface area contributed by atoms with Crippen LogP contribution in [0.25, 0.3) is 0 Å². The van der Waals surface area contributed by atoms with Crippen molar-refractivity contribution in [2.45, 2.75) is 38.6 Å². The maximum Gasteiger partial charge on any atom is 0.0537 e. The molecule has 0 saturated heterocycles. The zero-order valence-corrected chi connectivity index (χ0v) is 10.2. The first kappa shape index (κ1) is 12.8. The maximum atomic E-state index is 5.21. The Bertz CT molecular complexity index is 335. The van der Waals surface area contributed by atoms with E-state index in [0.717, 1.165) is 32.2 Å². The molecule has 0 aliphatic heterocycles. The van der Waals surface area contributed by atoms with Crippen molar-refractivity contribution in [2.75, 3.05) is 6.54 Å². The molecule has 0 fully saturated rings. The molecule has 1 aromatic heterocycles. The molecule has 0 radical (unpaired) electrons. The second kappa shape index (κ2) is 7.08. The summed E-state index contributed by atoms with van der Waals surface area (Å²) in [4.78, 5) is 0. The lowest BCUT2D eigenvalue weighted by Crippen LogP contribution is -2.21. The van der Waals surface area contributed by atoms with Crippen molar-refractivity contribution in [3.8, 4) is 12.3 Å². The summed E-state index contributed by atoms with van der Waals surface area (Å²) >= 11 is 0. The third-order valence-corrected chi connectivity index (χ3v) is 2.67. The summed E-state index contributed by atoms with van der Waals surface area (Å²) in [5, 5.41) is 7.73. The molecule has 1 aromatic rings. The van der Waals surface area contributed by atoms with Crippen molar-refractivity contribution in [3.63, 3.8) is 0 Å². The van der Waals surface area contributed by atoms with Crippen molar-refractivity contribution >= 4 is 0 Å². The van der Waals surface area contributed by atoms with Gasteiger partial charge in [0, 0.05) is 31.3 Å². The van der Waals surface area contributed by atoms with E-state index in [1.54, 1.807) is 0 Å². The fourth-order valence-corrected chi connectivity index (χ4v) is 1.75. The lowest BCUT2D eigenvalue weighted by atomic mass is 10.1. The average molecular weight is 219 g/mol. The van der Waals surface area contributed by atoms with Gasteiger partial charge in [-0.3, -0.25) is 4.68 Å². The van der Waals surface area contributed by atoms with E-state index in [0.29, 0.717) is 6.04 Å². The number of aromatic nitrogens is 2. The Kier molecular flexibility index (Phi) is 5.66. The van der Waals surface area contributed by atoms with Gasteiger partial charge < -0.3 is 5.32 Å². The van der Waals surface area contributed by atoms with Gasteiger partial charge in [-0.2, -0.15) is 5.10 Å². The van der Waals surface area contributed by atoms with E-state index in [-0.39, 0.29) is 0 Å². The highest BCUT2D eigenvalue weighted by Crippen LogP contribution is 2.15. The van der Waals surface area contributed by atoms with Crippen LogP contribution >= 0.6 is 0 Å². The van der Waals surface area contributed by atoms with Gasteiger partial charge in [-0.1, -0.05) is 6.92 Å². The molecule has 3 nitrogen and oxygen atoms in total. The predicted octanol–water partition coefficient (Wildman–Crippen LogP) is 2.26. The molecule has 0 amide bonds. The first-order valence-corrected chi connectivity index (χ1v) is 5.93. The molecule has 1 rings (SSSR count). The van der Waals surface area contributed by atoms with Crippen LogP contribution in [0.1, 0.15) is 44.2 Å². The summed E-state index contributed by atoms with van der Waals surface area (Å²) in [6.07, 6.45) is 13.4. The number of terminal acetylenes is 1. The van der Waals surface area contributed by atoms with Crippen LogP contribution in [0, 0.1) is 12.3 Å². The molecule has 0 bridgehead atoms. The number of hydrogen-bond donors (Lipinski definition) is 1. The number of aryl methyl sites for hydroxylation is 1. The van der Waals surface area contributed by atoms with E-state index in [2.05, 4.69) is 29.5 Å². The molecule has 1 unspecified atom stereocenters. The maximum absolute atomic E-state index is 5.21. The first-order valence-electron chi connectivity index (χ1n) is 5.93. The molecule has 1 atom stereocenters. The third-order valence-electron chi connectivity index (χ3n) is 2.67. The van der Waals surface area contributed by atoms with Gasteiger partial charge in [0.15, 0.2) is 0 Å². The van der Waals surface area contributed by atoms with Crippen LogP contribution in [0.4, 0.5) is 0 Å². The number of unbranched alkanes of at least 4 members (excludes halogenated alkanes) is 2. The van der Waals surface area contributed by atoms with Crippen LogP contribution < -0.4 is 5.32 Å². The highest BCUT2D eigenvalue weighted by atomic mass is 15.2. The zero-order valence-electron chi connectivity index (χ0n) is 10.2. The summed E-state index contributed by atoms with van der Waals surface area (Å²) in [6.45, 7) is 3.21. The molecule has 0 aliphatic carbocycles.